The van der Waals surface area contributed by atoms with Crippen molar-refractivity contribution in [1.29, 1.82) is 0 Å². The molecule has 1 unspecified atom stereocenters. The molecule has 0 bridgehead atoms. The summed E-state index contributed by atoms with van der Waals surface area (Å²) >= 11 is 0. The Morgan fingerprint density at radius 2 is 2.00 bits per heavy atom. The first-order valence-electron chi connectivity index (χ1n) is 6.39. The Balaban J connectivity index is 2.66. The highest BCUT2D eigenvalue weighted by Gasteiger charge is 2.20. The topological polar surface area (TPSA) is 78.8 Å². The molecule has 0 fully saturated rings. The summed E-state index contributed by atoms with van der Waals surface area (Å²) in [6.45, 7) is 4.04. The lowest BCUT2D eigenvalue weighted by atomic mass is 10.1. The molecular weight excluding hydrogens is 246 g/mol. The molecule has 1 rings (SSSR count). The second-order valence-electron chi connectivity index (χ2n) is 4.43. The van der Waals surface area contributed by atoms with Crippen LogP contribution in [0.3, 0.4) is 0 Å². The standard InChI is InChI=1S/C14H21NO4/c1-3-19-14(18)13(15-9-10(2)16)8-11-4-6-12(17)7-5-11/h4-7,10,13,15-17H,3,8-9H2,1-2H3/t10?,13-/m0/s1. The minimum Gasteiger partial charge on any atom is -0.508 e. The van der Waals surface area contributed by atoms with Gasteiger partial charge < -0.3 is 20.3 Å². The summed E-state index contributed by atoms with van der Waals surface area (Å²) < 4.78 is 5.00. The van der Waals surface area contributed by atoms with E-state index in [1.165, 1.54) is 0 Å². The van der Waals surface area contributed by atoms with Gasteiger partial charge in [0, 0.05) is 6.54 Å². The number of rotatable bonds is 7. The Hall–Kier alpha value is -1.59. The van der Waals surface area contributed by atoms with Crippen molar-refractivity contribution in [2.75, 3.05) is 13.2 Å². The quantitative estimate of drug-likeness (QED) is 0.638. The van der Waals surface area contributed by atoms with Gasteiger partial charge in [-0.3, -0.25) is 4.79 Å². The van der Waals surface area contributed by atoms with Gasteiger partial charge in [-0.2, -0.15) is 0 Å². The molecule has 0 aliphatic heterocycles. The number of carbonyl (C=O) groups is 1. The number of esters is 1. The molecule has 0 saturated heterocycles. The molecule has 0 amide bonds. The maximum absolute atomic E-state index is 11.8. The van der Waals surface area contributed by atoms with Crippen LogP contribution in [0, 0.1) is 0 Å². The van der Waals surface area contributed by atoms with Gasteiger partial charge in [0.15, 0.2) is 0 Å². The molecule has 1 aromatic carbocycles. The fourth-order valence-electron chi connectivity index (χ4n) is 1.66. The van der Waals surface area contributed by atoms with Crippen molar-refractivity contribution in [3.63, 3.8) is 0 Å². The molecule has 1 aromatic rings. The van der Waals surface area contributed by atoms with E-state index in [0.717, 1.165) is 5.56 Å². The average Bonchev–Trinajstić information content (AvgIpc) is 2.36. The van der Waals surface area contributed by atoms with Gasteiger partial charge in [0.05, 0.1) is 12.7 Å². The minimum absolute atomic E-state index is 0.188. The Morgan fingerprint density at radius 1 is 1.37 bits per heavy atom. The van der Waals surface area contributed by atoms with Gasteiger partial charge in [0.2, 0.25) is 0 Å². The van der Waals surface area contributed by atoms with Crippen LogP contribution in [-0.4, -0.2) is 41.5 Å². The van der Waals surface area contributed by atoms with Gasteiger partial charge in [-0.1, -0.05) is 12.1 Å². The van der Waals surface area contributed by atoms with Gasteiger partial charge >= 0.3 is 5.97 Å². The molecule has 0 heterocycles. The summed E-state index contributed by atoms with van der Waals surface area (Å²) in [7, 11) is 0. The summed E-state index contributed by atoms with van der Waals surface area (Å²) in [4.78, 5) is 11.8. The Kier molecular flexibility index (Phi) is 6.32. The van der Waals surface area contributed by atoms with Crippen LogP contribution in [0.1, 0.15) is 19.4 Å². The van der Waals surface area contributed by atoms with Crippen molar-refractivity contribution in [3.8, 4) is 5.75 Å². The zero-order valence-electron chi connectivity index (χ0n) is 11.3. The van der Waals surface area contributed by atoms with Crippen LogP contribution in [-0.2, 0) is 16.0 Å². The van der Waals surface area contributed by atoms with E-state index in [-0.39, 0.29) is 11.7 Å². The first-order valence-corrected chi connectivity index (χ1v) is 6.39. The number of aliphatic hydroxyl groups excluding tert-OH is 1. The molecule has 0 aromatic heterocycles. The lowest BCUT2D eigenvalue weighted by Gasteiger charge is -2.18. The second-order valence-corrected chi connectivity index (χ2v) is 4.43. The number of phenols is 1. The fraction of sp³-hybridized carbons (Fsp3) is 0.500. The van der Waals surface area contributed by atoms with E-state index in [1.807, 2.05) is 0 Å². The Morgan fingerprint density at radius 3 is 2.53 bits per heavy atom. The third kappa shape index (κ3) is 5.72. The number of hydrogen-bond donors (Lipinski definition) is 3. The summed E-state index contributed by atoms with van der Waals surface area (Å²) in [6, 6.07) is 6.16. The molecule has 5 heteroatoms. The number of benzene rings is 1. The molecule has 0 spiro atoms. The maximum atomic E-state index is 11.8. The summed E-state index contributed by atoms with van der Waals surface area (Å²) in [6.07, 6.45) is -0.0806. The van der Waals surface area contributed by atoms with Crippen LogP contribution in [0.5, 0.6) is 5.75 Å². The monoisotopic (exact) mass is 267 g/mol. The van der Waals surface area contributed by atoms with E-state index < -0.39 is 12.1 Å². The highest BCUT2D eigenvalue weighted by atomic mass is 16.5. The highest BCUT2D eigenvalue weighted by Crippen LogP contribution is 2.12. The smallest absolute Gasteiger partial charge is 0.323 e. The zero-order chi connectivity index (χ0) is 14.3. The molecule has 0 radical (unpaired) electrons. The fourth-order valence-corrected chi connectivity index (χ4v) is 1.66. The van der Waals surface area contributed by atoms with E-state index in [9.17, 15) is 15.0 Å². The van der Waals surface area contributed by atoms with Crippen LogP contribution in [0.2, 0.25) is 0 Å². The first-order chi connectivity index (χ1) is 9.02. The van der Waals surface area contributed by atoms with E-state index >= 15 is 0 Å². The number of ether oxygens (including phenoxy) is 1. The summed E-state index contributed by atoms with van der Waals surface area (Å²) in [5.74, 6) is -0.149. The number of hydrogen-bond acceptors (Lipinski definition) is 5. The molecule has 19 heavy (non-hydrogen) atoms. The van der Waals surface area contributed by atoms with Gasteiger partial charge in [0.1, 0.15) is 11.8 Å². The van der Waals surface area contributed by atoms with Crippen molar-refractivity contribution in [2.24, 2.45) is 0 Å². The maximum Gasteiger partial charge on any atom is 0.323 e. The average molecular weight is 267 g/mol. The number of nitrogens with one attached hydrogen (secondary N) is 1. The molecule has 0 aliphatic carbocycles. The molecule has 5 nitrogen and oxygen atoms in total. The van der Waals surface area contributed by atoms with Crippen LogP contribution >= 0.6 is 0 Å². The van der Waals surface area contributed by atoms with Crippen molar-refractivity contribution in [2.45, 2.75) is 32.4 Å². The van der Waals surface area contributed by atoms with E-state index in [1.54, 1.807) is 38.1 Å². The van der Waals surface area contributed by atoms with Crippen LogP contribution in [0.15, 0.2) is 24.3 Å². The highest BCUT2D eigenvalue weighted by molar-refractivity contribution is 5.76. The largest absolute Gasteiger partial charge is 0.508 e. The summed E-state index contributed by atoms with van der Waals surface area (Å²) in [5, 5.41) is 21.5. The van der Waals surface area contributed by atoms with E-state index in [0.29, 0.717) is 19.6 Å². The number of phenolic OH excluding ortho intramolecular Hbond substituents is 1. The number of aliphatic hydroxyl groups is 1. The number of carbonyl (C=O) groups excluding carboxylic acids is 1. The van der Waals surface area contributed by atoms with Crippen LogP contribution < -0.4 is 5.32 Å². The van der Waals surface area contributed by atoms with Crippen molar-refractivity contribution in [3.05, 3.63) is 29.8 Å². The normalized spacial score (nSPS) is 13.8. The molecule has 3 N–H and O–H groups in total. The molecular formula is C14H21NO4. The lowest BCUT2D eigenvalue weighted by molar-refractivity contribution is -0.145. The van der Waals surface area contributed by atoms with Gasteiger partial charge in [-0.15, -0.1) is 0 Å². The first kappa shape index (κ1) is 15.5. The number of aromatic hydroxyl groups is 1. The molecule has 0 saturated carbocycles. The zero-order valence-corrected chi connectivity index (χ0v) is 11.3. The second kappa shape index (κ2) is 7.76. The molecule has 2 atom stereocenters. The third-order valence-electron chi connectivity index (χ3n) is 2.61. The predicted molar refractivity (Wildman–Crippen MR) is 71.9 cm³/mol. The molecule has 106 valence electrons. The SMILES string of the molecule is CCOC(=O)[C@H](Cc1ccc(O)cc1)NCC(C)O. The van der Waals surface area contributed by atoms with Crippen molar-refractivity contribution >= 4 is 5.97 Å². The van der Waals surface area contributed by atoms with Crippen molar-refractivity contribution in [1.82, 2.24) is 5.32 Å². The predicted octanol–water partition coefficient (Wildman–Crippen LogP) is 0.837. The third-order valence-corrected chi connectivity index (χ3v) is 2.61. The van der Waals surface area contributed by atoms with Crippen LogP contribution in [0.4, 0.5) is 0 Å². The van der Waals surface area contributed by atoms with Crippen molar-refractivity contribution < 1.29 is 19.7 Å². The summed E-state index contributed by atoms with van der Waals surface area (Å²) in [5.41, 5.74) is 0.911. The van der Waals surface area contributed by atoms with Gasteiger partial charge in [0.25, 0.3) is 0 Å². The van der Waals surface area contributed by atoms with Crippen LogP contribution in [0.25, 0.3) is 0 Å². The Labute approximate surface area is 113 Å². The van der Waals surface area contributed by atoms with E-state index in [2.05, 4.69) is 5.32 Å². The van der Waals surface area contributed by atoms with E-state index in [4.69, 9.17) is 4.74 Å². The van der Waals surface area contributed by atoms with Gasteiger partial charge in [-0.05, 0) is 38.0 Å². The lowest BCUT2D eigenvalue weighted by Crippen LogP contribution is -2.42. The Bertz CT molecular complexity index is 389. The minimum atomic E-state index is -0.531. The molecule has 0 aliphatic rings. The van der Waals surface area contributed by atoms with Gasteiger partial charge in [-0.25, -0.2) is 0 Å².